The average molecular weight is 479 g/mol. The van der Waals surface area contributed by atoms with E-state index in [-0.39, 0.29) is 29.7 Å². The summed E-state index contributed by atoms with van der Waals surface area (Å²) in [6.45, 7) is 2.96. The van der Waals surface area contributed by atoms with Crippen molar-refractivity contribution in [1.82, 2.24) is 0 Å². The van der Waals surface area contributed by atoms with Crippen LogP contribution in [0.5, 0.6) is 23.0 Å². The van der Waals surface area contributed by atoms with Gasteiger partial charge in [0.25, 0.3) is 0 Å². The van der Waals surface area contributed by atoms with Crippen LogP contribution in [-0.2, 0) is 13.0 Å². The Kier molecular flexibility index (Phi) is 5.37. The van der Waals surface area contributed by atoms with Gasteiger partial charge in [-0.05, 0) is 36.8 Å². The van der Waals surface area contributed by atoms with E-state index in [1.54, 1.807) is 21.3 Å². The van der Waals surface area contributed by atoms with Gasteiger partial charge in [-0.25, -0.2) is 0 Å². The Hall–Kier alpha value is -2.22. The summed E-state index contributed by atoms with van der Waals surface area (Å²) in [7, 11) is 4.89. The number of phenols is 1. The molecule has 0 bridgehead atoms. The molecule has 0 atom stereocenters. The fraction of sp³-hybridized carbons (Fsp3) is 0.286. The molecule has 0 amide bonds. The van der Waals surface area contributed by atoms with E-state index in [0.717, 1.165) is 57.6 Å². The highest BCUT2D eigenvalue weighted by Crippen LogP contribution is 2.41. The highest BCUT2D eigenvalue weighted by atomic mass is 127. The summed E-state index contributed by atoms with van der Waals surface area (Å²) in [6.07, 6.45) is 2.98. The maximum absolute atomic E-state index is 10.1. The third kappa shape index (κ3) is 2.96. The van der Waals surface area contributed by atoms with E-state index in [1.807, 2.05) is 18.2 Å². The summed E-state index contributed by atoms with van der Waals surface area (Å²) in [4.78, 5) is 0. The lowest BCUT2D eigenvalue weighted by molar-refractivity contribution is -0.686. The molecule has 0 saturated carbocycles. The first kappa shape index (κ1) is 19.5. The van der Waals surface area contributed by atoms with E-state index in [0.29, 0.717) is 5.75 Å². The monoisotopic (exact) mass is 479 g/mol. The number of fused-ring (bicyclic) bond motifs is 4. The summed E-state index contributed by atoms with van der Waals surface area (Å²) in [5.41, 5.74) is 4.53. The van der Waals surface area contributed by atoms with Crippen molar-refractivity contribution in [1.29, 1.82) is 0 Å². The van der Waals surface area contributed by atoms with Crippen molar-refractivity contribution >= 4 is 10.8 Å². The minimum atomic E-state index is 0. The highest BCUT2D eigenvalue weighted by Gasteiger charge is 2.29. The van der Waals surface area contributed by atoms with Crippen LogP contribution in [0.15, 0.2) is 30.5 Å². The third-order valence-electron chi connectivity index (χ3n) is 5.20. The molecule has 4 rings (SSSR count). The number of nitrogens with zero attached hydrogens (tertiary/aromatic N) is 1. The molecule has 0 saturated heterocycles. The van der Waals surface area contributed by atoms with E-state index in [1.165, 1.54) is 0 Å². The van der Waals surface area contributed by atoms with Crippen LogP contribution in [0.25, 0.3) is 22.0 Å². The lowest BCUT2D eigenvalue weighted by atomic mass is 9.91. The standard InChI is InChI=1S/C21H21NO4.HI/c1-12-14-5-6-18(24-2)21(26-4)16(14)11-22-8-7-13-9-17(23)19(25-3)10-15(13)20(12)22;/h5-6,9-11H,7-8H2,1-4H3;1H. The number of methoxy groups -OCH3 is 3. The van der Waals surface area contributed by atoms with Gasteiger partial charge in [-0.3, -0.25) is 0 Å². The zero-order chi connectivity index (χ0) is 18.4. The molecule has 0 spiro atoms. The quantitative estimate of drug-likeness (QED) is 0.437. The topological polar surface area (TPSA) is 51.8 Å². The van der Waals surface area contributed by atoms with Crippen LogP contribution in [-0.4, -0.2) is 26.4 Å². The number of aromatic nitrogens is 1. The van der Waals surface area contributed by atoms with Gasteiger partial charge in [0, 0.05) is 17.4 Å². The van der Waals surface area contributed by atoms with Crippen molar-refractivity contribution in [3.05, 3.63) is 41.6 Å². The van der Waals surface area contributed by atoms with E-state index in [2.05, 4.69) is 23.8 Å². The molecular weight excluding hydrogens is 457 g/mol. The first-order chi connectivity index (χ1) is 12.6. The van der Waals surface area contributed by atoms with Crippen LogP contribution in [0, 0.1) is 6.92 Å². The molecule has 0 unspecified atom stereocenters. The molecule has 3 aromatic rings. The molecule has 5 nitrogen and oxygen atoms in total. The third-order valence-corrected chi connectivity index (χ3v) is 5.20. The number of aromatic hydroxyl groups is 1. The Morgan fingerprint density at radius 2 is 1.70 bits per heavy atom. The number of pyridine rings is 1. The average Bonchev–Trinajstić information content (AvgIpc) is 2.66. The molecule has 1 aliphatic rings. The van der Waals surface area contributed by atoms with Crippen molar-refractivity contribution in [3.8, 4) is 34.3 Å². The van der Waals surface area contributed by atoms with Gasteiger partial charge in [0.05, 0.1) is 32.3 Å². The molecule has 0 fully saturated rings. The molecule has 6 heteroatoms. The largest absolute Gasteiger partial charge is 1.00 e. The second-order valence-corrected chi connectivity index (χ2v) is 6.49. The number of rotatable bonds is 3. The van der Waals surface area contributed by atoms with Crippen LogP contribution in [0.2, 0.25) is 0 Å². The lowest BCUT2D eigenvalue weighted by Gasteiger charge is -2.20. The van der Waals surface area contributed by atoms with E-state index in [4.69, 9.17) is 14.2 Å². The van der Waals surface area contributed by atoms with Gasteiger partial charge in [-0.2, -0.15) is 4.57 Å². The minimum absolute atomic E-state index is 0. The first-order valence-corrected chi connectivity index (χ1v) is 8.57. The molecule has 1 N–H and O–H groups in total. The predicted octanol–water partition coefficient (Wildman–Crippen LogP) is 0.394. The lowest BCUT2D eigenvalue weighted by Crippen LogP contribution is -3.00. The smallest absolute Gasteiger partial charge is 0.216 e. The van der Waals surface area contributed by atoms with Gasteiger partial charge in [0.1, 0.15) is 0 Å². The fourth-order valence-electron chi connectivity index (χ4n) is 3.95. The van der Waals surface area contributed by atoms with Crippen LogP contribution >= 0.6 is 0 Å². The number of halogens is 1. The summed E-state index contributed by atoms with van der Waals surface area (Å²) < 4.78 is 18.6. The zero-order valence-corrected chi connectivity index (χ0v) is 18.0. The van der Waals surface area contributed by atoms with Gasteiger partial charge >= 0.3 is 0 Å². The number of hydrogen-bond donors (Lipinski definition) is 1. The maximum Gasteiger partial charge on any atom is 0.216 e. The molecule has 0 aliphatic carbocycles. The predicted molar refractivity (Wildman–Crippen MR) is 99.3 cm³/mol. The van der Waals surface area contributed by atoms with Crippen LogP contribution < -0.4 is 42.8 Å². The SMILES string of the molecule is COc1cc2c(cc1O)CC[n+]1cc3c(OC)c(OC)ccc3c(C)c1-2.[I-]. The molecule has 0 radical (unpaired) electrons. The Morgan fingerprint density at radius 1 is 0.963 bits per heavy atom. The zero-order valence-electron chi connectivity index (χ0n) is 15.8. The second-order valence-electron chi connectivity index (χ2n) is 6.49. The summed E-state index contributed by atoms with van der Waals surface area (Å²) in [5.74, 6) is 2.15. The van der Waals surface area contributed by atoms with Crippen LogP contribution in [0.1, 0.15) is 11.1 Å². The Bertz CT molecular complexity index is 1030. The highest BCUT2D eigenvalue weighted by molar-refractivity contribution is 5.94. The molecule has 27 heavy (non-hydrogen) atoms. The first-order valence-electron chi connectivity index (χ1n) is 8.57. The van der Waals surface area contributed by atoms with Crippen LogP contribution in [0.3, 0.4) is 0 Å². The van der Waals surface area contributed by atoms with Gasteiger partial charge in [-0.1, -0.05) is 0 Å². The molecule has 142 valence electrons. The molecule has 1 aromatic heterocycles. The Morgan fingerprint density at radius 3 is 2.37 bits per heavy atom. The van der Waals surface area contributed by atoms with Crippen molar-refractivity contribution in [3.63, 3.8) is 0 Å². The number of hydrogen-bond acceptors (Lipinski definition) is 4. The second kappa shape index (κ2) is 7.42. The summed E-state index contributed by atoms with van der Waals surface area (Å²) in [6, 6.07) is 7.75. The minimum Gasteiger partial charge on any atom is -1.00 e. The number of ether oxygens (including phenoxy) is 3. The number of phenolic OH excluding ortho intramolecular Hbond substituents is 1. The molecule has 2 heterocycles. The fourth-order valence-corrected chi connectivity index (χ4v) is 3.95. The van der Waals surface area contributed by atoms with E-state index in [9.17, 15) is 5.11 Å². The van der Waals surface area contributed by atoms with Gasteiger partial charge < -0.3 is 43.3 Å². The molecular formula is C21H22INO4. The number of aryl methyl sites for hydroxylation is 3. The van der Waals surface area contributed by atoms with Crippen molar-refractivity contribution in [2.45, 2.75) is 19.9 Å². The van der Waals surface area contributed by atoms with Crippen molar-refractivity contribution < 1.29 is 47.9 Å². The molecule has 1 aliphatic heterocycles. The van der Waals surface area contributed by atoms with Crippen molar-refractivity contribution in [2.75, 3.05) is 21.3 Å². The van der Waals surface area contributed by atoms with Crippen LogP contribution in [0.4, 0.5) is 0 Å². The van der Waals surface area contributed by atoms with Gasteiger partial charge in [0.15, 0.2) is 35.7 Å². The Balaban J connectivity index is 0.00000210. The summed E-state index contributed by atoms with van der Waals surface area (Å²) >= 11 is 0. The van der Waals surface area contributed by atoms with Gasteiger partial charge in [-0.15, -0.1) is 0 Å². The van der Waals surface area contributed by atoms with E-state index < -0.39 is 0 Å². The Labute approximate surface area is 175 Å². The van der Waals surface area contributed by atoms with Crippen molar-refractivity contribution in [2.24, 2.45) is 0 Å². The molecule has 2 aromatic carbocycles. The number of benzene rings is 2. The van der Waals surface area contributed by atoms with E-state index >= 15 is 0 Å². The summed E-state index contributed by atoms with van der Waals surface area (Å²) in [5, 5.41) is 12.3. The van der Waals surface area contributed by atoms with Gasteiger partial charge in [0.2, 0.25) is 5.69 Å². The maximum atomic E-state index is 10.1. The normalized spacial score (nSPS) is 12.0.